The summed E-state index contributed by atoms with van der Waals surface area (Å²) in [5, 5.41) is 10.7. The first-order valence-electron chi connectivity index (χ1n) is 10.3. The van der Waals surface area contributed by atoms with E-state index in [0.29, 0.717) is 12.1 Å². The number of fused-ring (bicyclic) bond motifs is 1. The number of thiazole rings is 1. The summed E-state index contributed by atoms with van der Waals surface area (Å²) in [5.74, 6) is 0. The summed E-state index contributed by atoms with van der Waals surface area (Å²) in [6.45, 7) is 2.21. The standard InChI is InChI=1S/C24H23N3O2S/c28-19-10-13-26(14-11-19)24-25-22-21(29)12-15-27(23(22)30-24)16-18-8-4-5-9-20(18)17-6-2-1-3-7-17/h1-9,12,15,19,28H,10-11,13-14,16H2. The van der Waals surface area contributed by atoms with Crippen LogP contribution in [-0.2, 0) is 6.54 Å². The van der Waals surface area contributed by atoms with E-state index in [-0.39, 0.29) is 11.5 Å². The average Bonchev–Trinajstić information content (AvgIpc) is 3.24. The predicted molar refractivity (Wildman–Crippen MR) is 122 cm³/mol. The van der Waals surface area contributed by atoms with Crippen molar-refractivity contribution in [2.24, 2.45) is 0 Å². The van der Waals surface area contributed by atoms with E-state index < -0.39 is 0 Å². The van der Waals surface area contributed by atoms with Crippen molar-refractivity contribution in [3.8, 4) is 11.1 Å². The summed E-state index contributed by atoms with van der Waals surface area (Å²) in [4.78, 5) is 20.2. The predicted octanol–water partition coefficient (Wildman–Crippen LogP) is 4.13. The maximum atomic E-state index is 12.5. The molecule has 0 unspecified atom stereocenters. The lowest BCUT2D eigenvalue weighted by Gasteiger charge is -2.28. The number of aromatic nitrogens is 2. The Hall–Kier alpha value is -2.96. The molecule has 152 valence electrons. The summed E-state index contributed by atoms with van der Waals surface area (Å²) >= 11 is 1.56. The smallest absolute Gasteiger partial charge is 0.208 e. The fraction of sp³-hybridized carbons (Fsp3) is 0.250. The highest BCUT2D eigenvalue weighted by Crippen LogP contribution is 2.31. The highest BCUT2D eigenvalue weighted by atomic mass is 32.1. The summed E-state index contributed by atoms with van der Waals surface area (Å²) in [6.07, 6.45) is 3.12. The molecular weight excluding hydrogens is 394 g/mol. The fourth-order valence-electron chi connectivity index (χ4n) is 4.02. The van der Waals surface area contributed by atoms with Gasteiger partial charge in [0.1, 0.15) is 10.3 Å². The summed E-state index contributed by atoms with van der Waals surface area (Å²) in [6, 6.07) is 20.4. The van der Waals surface area contributed by atoms with Gasteiger partial charge in [-0.1, -0.05) is 65.9 Å². The maximum absolute atomic E-state index is 12.5. The molecular formula is C24H23N3O2S. The van der Waals surface area contributed by atoms with E-state index in [4.69, 9.17) is 0 Å². The number of pyridine rings is 1. The highest BCUT2D eigenvalue weighted by molar-refractivity contribution is 7.21. The molecule has 0 radical (unpaired) electrons. The van der Waals surface area contributed by atoms with Crippen LogP contribution in [0, 0.1) is 0 Å². The monoisotopic (exact) mass is 417 g/mol. The molecule has 30 heavy (non-hydrogen) atoms. The second-order valence-electron chi connectivity index (χ2n) is 7.70. The topological polar surface area (TPSA) is 58.4 Å². The minimum Gasteiger partial charge on any atom is -0.393 e. The largest absolute Gasteiger partial charge is 0.393 e. The first kappa shape index (κ1) is 19.0. The maximum Gasteiger partial charge on any atom is 0.208 e. The molecule has 1 N–H and O–H groups in total. The van der Waals surface area contributed by atoms with Crippen molar-refractivity contribution in [1.82, 2.24) is 9.55 Å². The number of hydrogen-bond acceptors (Lipinski definition) is 5. The Morgan fingerprint density at radius 1 is 1.00 bits per heavy atom. The summed E-state index contributed by atoms with van der Waals surface area (Å²) < 4.78 is 2.12. The Bertz CT molecular complexity index is 1220. The summed E-state index contributed by atoms with van der Waals surface area (Å²) in [7, 11) is 0. The van der Waals surface area contributed by atoms with E-state index >= 15 is 0 Å². The average molecular weight is 418 g/mol. The van der Waals surface area contributed by atoms with Crippen LogP contribution in [0.4, 0.5) is 5.13 Å². The molecule has 1 aliphatic heterocycles. The van der Waals surface area contributed by atoms with E-state index in [9.17, 15) is 9.90 Å². The van der Waals surface area contributed by atoms with E-state index in [1.54, 1.807) is 17.4 Å². The lowest BCUT2D eigenvalue weighted by atomic mass is 10.00. The number of nitrogens with zero attached hydrogens (tertiary/aromatic N) is 3. The normalized spacial score (nSPS) is 15.0. The van der Waals surface area contributed by atoms with E-state index in [2.05, 4.69) is 63.0 Å². The van der Waals surface area contributed by atoms with Crippen LogP contribution in [0.5, 0.6) is 0 Å². The lowest BCUT2D eigenvalue weighted by Crippen LogP contribution is -2.35. The molecule has 0 spiro atoms. The number of aliphatic hydroxyl groups excluding tert-OH is 1. The number of aliphatic hydroxyl groups is 1. The summed E-state index contributed by atoms with van der Waals surface area (Å²) in [5.41, 5.74) is 4.06. The fourth-order valence-corrected chi connectivity index (χ4v) is 5.13. The molecule has 0 aliphatic carbocycles. The van der Waals surface area contributed by atoms with Crippen LogP contribution in [0.15, 0.2) is 71.7 Å². The molecule has 4 aromatic rings. The molecule has 1 aliphatic rings. The SMILES string of the molecule is O=c1ccn(Cc2ccccc2-c2ccccc2)c2sc(N3CCC(O)CC3)nc12. The molecule has 0 atom stereocenters. The number of benzene rings is 2. The van der Waals surface area contributed by atoms with Crippen LogP contribution < -0.4 is 10.3 Å². The van der Waals surface area contributed by atoms with Gasteiger partial charge in [-0.15, -0.1) is 0 Å². The molecule has 5 rings (SSSR count). The molecule has 2 aromatic carbocycles. The van der Waals surface area contributed by atoms with Crippen molar-refractivity contribution < 1.29 is 5.11 Å². The van der Waals surface area contributed by atoms with Crippen LogP contribution >= 0.6 is 11.3 Å². The Kier molecular flexibility index (Phi) is 5.11. The third-order valence-electron chi connectivity index (χ3n) is 5.68. The minimum atomic E-state index is -0.231. The number of rotatable bonds is 4. The third-order valence-corrected chi connectivity index (χ3v) is 6.83. The zero-order valence-corrected chi connectivity index (χ0v) is 17.4. The van der Waals surface area contributed by atoms with Crippen LogP contribution in [-0.4, -0.2) is 33.9 Å². The second-order valence-corrected chi connectivity index (χ2v) is 8.66. The quantitative estimate of drug-likeness (QED) is 0.542. The van der Waals surface area contributed by atoms with Gasteiger partial charge in [-0.2, -0.15) is 0 Å². The van der Waals surface area contributed by atoms with Gasteiger partial charge in [-0.25, -0.2) is 4.98 Å². The van der Waals surface area contributed by atoms with E-state index in [1.165, 1.54) is 16.7 Å². The zero-order chi connectivity index (χ0) is 20.5. The van der Waals surface area contributed by atoms with Crippen LogP contribution in [0.3, 0.4) is 0 Å². The Morgan fingerprint density at radius 3 is 2.53 bits per heavy atom. The Morgan fingerprint density at radius 2 is 1.73 bits per heavy atom. The molecule has 0 amide bonds. The Balaban J connectivity index is 1.53. The van der Waals surface area contributed by atoms with E-state index in [0.717, 1.165) is 35.9 Å². The van der Waals surface area contributed by atoms with Crippen molar-refractivity contribution >= 4 is 26.8 Å². The van der Waals surface area contributed by atoms with Gasteiger partial charge >= 0.3 is 0 Å². The van der Waals surface area contributed by atoms with Gasteiger partial charge in [0.05, 0.1) is 6.10 Å². The molecule has 6 heteroatoms. The number of piperidine rings is 1. The highest BCUT2D eigenvalue weighted by Gasteiger charge is 2.21. The van der Waals surface area contributed by atoms with Gasteiger partial charge in [0.2, 0.25) is 5.43 Å². The van der Waals surface area contributed by atoms with Gasteiger partial charge < -0.3 is 14.6 Å². The number of hydrogen-bond donors (Lipinski definition) is 1. The molecule has 1 fully saturated rings. The van der Waals surface area contributed by atoms with Crippen LogP contribution in [0.25, 0.3) is 21.5 Å². The second kappa shape index (κ2) is 8.05. The minimum absolute atomic E-state index is 0.0443. The van der Waals surface area contributed by atoms with Crippen molar-refractivity contribution in [3.63, 3.8) is 0 Å². The first-order chi connectivity index (χ1) is 14.7. The van der Waals surface area contributed by atoms with Crippen LogP contribution in [0.2, 0.25) is 0 Å². The van der Waals surface area contributed by atoms with E-state index in [1.807, 2.05) is 12.3 Å². The van der Waals surface area contributed by atoms with Crippen molar-refractivity contribution in [3.05, 3.63) is 82.6 Å². The van der Waals surface area contributed by atoms with Crippen molar-refractivity contribution in [2.45, 2.75) is 25.5 Å². The molecule has 1 saturated heterocycles. The molecule has 3 heterocycles. The van der Waals surface area contributed by atoms with Gasteiger partial charge in [0.25, 0.3) is 0 Å². The van der Waals surface area contributed by atoms with Gasteiger partial charge in [-0.05, 0) is 29.5 Å². The molecule has 2 aromatic heterocycles. The van der Waals surface area contributed by atoms with Crippen molar-refractivity contribution in [1.29, 1.82) is 0 Å². The van der Waals surface area contributed by atoms with Crippen LogP contribution in [0.1, 0.15) is 18.4 Å². The zero-order valence-electron chi connectivity index (χ0n) is 16.6. The lowest BCUT2D eigenvalue weighted by molar-refractivity contribution is 0.145. The Labute approximate surface area is 178 Å². The van der Waals surface area contributed by atoms with Gasteiger partial charge in [0, 0.05) is 31.9 Å². The third kappa shape index (κ3) is 3.64. The van der Waals surface area contributed by atoms with Crippen molar-refractivity contribution in [2.75, 3.05) is 18.0 Å². The van der Waals surface area contributed by atoms with Gasteiger partial charge in [-0.3, -0.25) is 4.79 Å². The molecule has 0 bridgehead atoms. The number of anilines is 1. The molecule has 0 saturated carbocycles. The first-order valence-corrected chi connectivity index (χ1v) is 11.1. The van der Waals surface area contributed by atoms with Gasteiger partial charge in [0.15, 0.2) is 5.13 Å². The molecule has 5 nitrogen and oxygen atoms in total.